The van der Waals surface area contributed by atoms with Crippen LogP contribution in [-0.2, 0) is 31.9 Å². The van der Waals surface area contributed by atoms with Crippen molar-refractivity contribution in [1.29, 1.82) is 0 Å². The molecule has 2 atom stereocenters. The molecule has 2 aliphatic heterocycles. The van der Waals surface area contributed by atoms with Gasteiger partial charge in [0.25, 0.3) is 0 Å². The van der Waals surface area contributed by atoms with E-state index in [4.69, 9.17) is 4.98 Å². The van der Waals surface area contributed by atoms with Crippen LogP contribution in [0.5, 0.6) is 0 Å². The number of allylic oxidation sites excluding steroid dienone is 4. The number of aromatic nitrogens is 1. The predicted molar refractivity (Wildman–Crippen MR) is 241 cm³/mol. The van der Waals surface area contributed by atoms with E-state index in [2.05, 4.69) is 215 Å². The molecule has 5 aromatic carbocycles. The maximum Gasteiger partial charge on any atom is 0.0660 e. The largest absolute Gasteiger partial charge is 0.504 e. The van der Waals surface area contributed by atoms with Crippen molar-refractivity contribution in [3.63, 3.8) is 0 Å². The van der Waals surface area contributed by atoms with E-state index in [-0.39, 0.29) is 31.9 Å². The molecule has 300 valence electrons. The first-order valence-electron chi connectivity index (χ1n) is 20.5. The Kier molecular flexibility index (Phi) is 9.36. The summed E-state index contributed by atoms with van der Waals surface area (Å²) in [5.74, 6) is 0.363. The molecule has 0 bridgehead atoms. The molecule has 0 spiro atoms. The van der Waals surface area contributed by atoms with Gasteiger partial charge >= 0.3 is 0 Å². The standard InChI is InChI=1S/C53H50N5.Pt/c1-51(2,3)35-23-26-40-41-27-24-36(52(4,5)6)31-43(41)53(42(40)30-35,50-22-13-14-29-54-50)37-25-28-46-49(32-37)58(48-21-12-10-19-45(48)56(46)8)39-17-15-16-38(33-39)57-34-55(7)44-18-9-11-20-47(44)57;/h9-23,25-31,34,36H,24H2,1-8H3;/q-3;/t36-,53?;/m1./s1. The van der Waals surface area contributed by atoms with E-state index in [1.54, 1.807) is 0 Å². The van der Waals surface area contributed by atoms with Gasteiger partial charge in [0.15, 0.2) is 0 Å². The number of hydrogen-bond donors (Lipinski definition) is 0. The number of hydrogen-bond acceptors (Lipinski definition) is 5. The zero-order valence-corrected chi connectivity index (χ0v) is 37.4. The molecule has 0 N–H and O–H groups in total. The fourth-order valence-electron chi connectivity index (χ4n) is 9.63. The van der Waals surface area contributed by atoms with E-state index >= 15 is 0 Å². The molecule has 5 nitrogen and oxygen atoms in total. The monoisotopic (exact) mass is 951 g/mol. The Hall–Kier alpha value is -5.38. The van der Waals surface area contributed by atoms with Crippen LogP contribution in [0.4, 0.5) is 45.5 Å². The number of fused-ring (bicyclic) bond motifs is 6. The van der Waals surface area contributed by atoms with E-state index in [1.165, 1.54) is 33.5 Å². The molecule has 1 aromatic heterocycles. The van der Waals surface area contributed by atoms with Crippen molar-refractivity contribution in [3.05, 3.63) is 186 Å². The van der Waals surface area contributed by atoms with Gasteiger partial charge in [-0.05, 0) is 113 Å². The molecule has 6 aromatic rings. The van der Waals surface area contributed by atoms with Crippen molar-refractivity contribution in [1.82, 2.24) is 4.98 Å². The summed E-state index contributed by atoms with van der Waals surface area (Å²) in [7, 11) is 4.27. The average Bonchev–Trinajstić information content (AvgIpc) is 3.72. The summed E-state index contributed by atoms with van der Waals surface area (Å²) >= 11 is 0. The third-order valence-electron chi connectivity index (χ3n) is 12.8. The first kappa shape index (κ1) is 39.1. The summed E-state index contributed by atoms with van der Waals surface area (Å²) < 4.78 is 0. The number of nitrogens with zero attached hydrogens (tertiary/aromatic N) is 5. The molecular weight excluding hydrogens is 902 g/mol. The maximum absolute atomic E-state index is 5.27. The van der Waals surface area contributed by atoms with Crippen LogP contribution in [-0.4, -0.2) is 19.1 Å². The average molecular weight is 952 g/mol. The van der Waals surface area contributed by atoms with Gasteiger partial charge < -0.3 is 19.6 Å². The van der Waals surface area contributed by atoms with Crippen LogP contribution in [0.2, 0.25) is 0 Å². The quantitative estimate of drug-likeness (QED) is 0.164. The number of anilines is 8. The molecule has 0 saturated heterocycles. The van der Waals surface area contributed by atoms with Crippen LogP contribution in [0.3, 0.4) is 0 Å². The molecule has 0 saturated carbocycles. The Morgan fingerprint density at radius 3 is 2.15 bits per heavy atom. The van der Waals surface area contributed by atoms with Crippen LogP contribution in [0, 0.1) is 30.1 Å². The summed E-state index contributed by atoms with van der Waals surface area (Å²) in [5, 5.41) is 0. The first-order chi connectivity index (χ1) is 27.9. The summed E-state index contributed by atoms with van der Waals surface area (Å²) in [5.41, 5.74) is 16.5. The van der Waals surface area contributed by atoms with E-state index in [9.17, 15) is 0 Å². The van der Waals surface area contributed by atoms with Crippen molar-refractivity contribution >= 4 is 51.1 Å². The van der Waals surface area contributed by atoms with Gasteiger partial charge in [-0.1, -0.05) is 108 Å². The number of rotatable bonds is 4. The van der Waals surface area contributed by atoms with Crippen LogP contribution in [0.25, 0.3) is 5.57 Å². The van der Waals surface area contributed by atoms with Gasteiger partial charge in [0, 0.05) is 38.6 Å². The van der Waals surface area contributed by atoms with E-state index in [0.29, 0.717) is 5.92 Å². The molecule has 3 heterocycles. The van der Waals surface area contributed by atoms with Crippen molar-refractivity contribution in [2.45, 2.75) is 58.8 Å². The normalized spacial score (nSPS) is 19.2. The third-order valence-corrected chi connectivity index (χ3v) is 12.8. The van der Waals surface area contributed by atoms with Crippen LogP contribution >= 0.6 is 0 Å². The van der Waals surface area contributed by atoms with Crippen LogP contribution in [0.1, 0.15) is 75.9 Å². The van der Waals surface area contributed by atoms with Gasteiger partial charge in [-0.25, -0.2) is 0 Å². The fraction of sp³-hybridized carbons (Fsp3) is 0.245. The Bertz CT molecular complexity index is 2670. The molecule has 10 rings (SSSR count). The Balaban J connectivity index is 0.00000449. The minimum absolute atomic E-state index is 0. The Morgan fingerprint density at radius 2 is 1.42 bits per heavy atom. The summed E-state index contributed by atoms with van der Waals surface area (Å²) in [4.78, 5) is 14.3. The zero-order chi connectivity index (χ0) is 40.1. The van der Waals surface area contributed by atoms with Gasteiger partial charge in [-0.2, -0.15) is 24.9 Å². The molecule has 2 aliphatic carbocycles. The van der Waals surface area contributed by atoms with Crippen LogP contribution in [0.15, 0.2) is 139 Å². The van der Waals surface area contributed by atoms with Gasteiger partial charge in [0.2, 0.25) is 0 Å². The molecule has 6 heteroatoms. The fourth-order valence-corrected chi connectivity index (χ4v) is 9.63. The van der Waals surface area contributed by atoms with Gasteiger partial charge in [0.05, 0.1) is 22.5 Å². The molecule has 1 unspecified atom stereocenters. The minimum Gasteiger partial charge on any atom is -0.504 e. The first-order valence-corrected chi connectivity index (χ1v) is 20.5. The smallest absolute Gasteiger partial charge is 0.0660 e. The van der Waals surface area contributed by atoms with Crippen molar-refractivity contribution < 1.29 is 21.1 Å². The van der Waals surface area contributed by atoms with Crippen molar-refractivity contribution in [2.24, 2.45) is 11.3 Å². The second kappa shape index (κ2) is 14.1. The Labute approximate surface area is 365 Å². The minimum atomic E-state index is -0.700. The third kappa shape index (κ3) is 6.02. The number of para-hydroxylation sites is 4. The molecule has 0 amide bonds. The van der Waals surface area contributed by atoms with Gasteiger partial charge in [0.1, 0.15) is 0 Å². The van der Waals surface area contributed by atoms with Crippen molar-refractivity contribution in [2.75, 3.05) is 33.7 Å². The van der Waals surface area contributed by atoms with E-state index < -0.39 is 5.41 Å². The van der Waals surface area contributed by atoms with E-state index in [0.717, 1.165) is 57.5 Å². The molecule has 4 aliphatic rings. The zero-order valence-electron chi connectivity index (χ0n) is 35.1. The van der Waals surface area contributed by atoms with Gasteiger partial charge in [-0.3, -0.25) is 4.98 Å². The summed E-state index contributed by atoms with van der Waals surface area (Å²) in [6, 6.07) is 49.9. The van der Waals surface area contributed by atoms with Crippen molar-refractivity contribution in [3.8, 4) is 0 Å². The molecule has 0 fully saturated rings. The second-order valence-corrected chi connectivity index (χ2v) is 18.4. The van der Waals surface area contributed by atoms with Crippen LogP contribution < -0.4 is 19.6 Å². The molecule has 59 heavy (non-hydrogen) atoms. The SMILES string of the molecule is CN1[CH-]N(c2[c-]c(N3c4[c-]c(C5(c6ccccn6)C6=C[C@H](C(C)(C)C)CC=C6c6ccc(C(C)(C)C)cc65)ccc4N(C)c4ccccc43)ccc2)c2ccccc21.[Pt]. The topological polar surface area (TPSA) is 25.9 Å². The number of pyridine rings is 1. The number of benzene rings is 5. The molecule has 0 radical (unpaired) electrons. The van der Waals surface area contributed by atoms with E-state index in [1.807, 2.05) is 12.3 Å². The Morgan fingerprint density at radius 1 is 0.712 bits per heavy atom. The molecular formula is C53H50N5Pt-3. The predicted octanol–water partition coefficient (Wildman–Crippen LogP) is 13.0. The second-order valence-electron chi connectivity index (χ2n) is 18.4. The summed E-state index contributed by atoms with van der Waals surface area (Å²) in [6.45, 7) is 16.2. The van der Waals surface area contributed by atoms with Gasteiger partial charge in [-0.15, -0.1) is 35.5 Å². The maximum atomic E-state index is 5.27. The summed E-state index contributed by atoms with van der Waals surface area (Å²) in [6.07, 6.45) is 8.06.